The van der Waals surface area contributed by atoms with Crippen LogP contribution in [0.4, 0.5) is 15.9 Å². The van der Waals surface area contributed by atoms with Gasteiger partial charge in [0.2, 0.25) is 0 Å². The average Bonchev–Trinajstić information content (AvgIpc) is 3.28. The van der Waals surface area contributed by atoms with Gasteiger partial charge in [-0.2, -0.15) is 5.10 Å². The molecule has 0 aliphatic carbocycles. The highest BCUT2D eigenvalue weighted by atomic mass is 35.5. The molecule has 0 spiro atoms. The summed E-state index contributed by atoms with van der Waals surface area (Å²) in [6.07, 6.45) is 1.70. The predicted octanol–water partition coefficient (Wildman–Crippen LogP) is 4.97. The summed E-state index contributed by atoms with van der Waals surface area (Å²) in [6.45, 7) is 3.98. The number of carbonyl (C=O) groups is 1. The number of carbonyl (C=O) groups excluding carboxylic acids is 1. The molecule has 1 atom stereocenters. The number of hydrogen-bond donors (Lipinski definition) is 1. The lowest BCUT2D eigenvalue weighted by atomic mass is 9.94. The number of piperazine rings is 1. The van der Waals surface area contributed by atoms with Crippen molar-refractivity contribution in [2.45, 2.75) is 13.0 Å². The van der Waals surface area contributed by atoms with Crippen molar-refractivity contribution in [1.29, 1.82) is 0 Å². The van der Waals surface area contributed by atoms with E-state index >= 15 is 0 Å². The molecule has 1 aromatic heterocycles. The van der Waals surface area contributed by atoms with Gasteiger partial charge >= 0.3 is 0 Å². The molecule has 1 unspecified atom stereocenters. The maximum absolute atomic E-state index is 14.2. The third-order valence-electron chi connectivity index (χ3n) is 6.16. The number of aromatic nitrogens is 2. The number of hydrogen-bond acceptors (Lipinski definition) is 4. The fraction of sp³-hybridized carbons (Fsp3) is 0.250. The van der Waals surface area contributed by atoms with Gasteiger partial charge in [-0.1, -0.05) is 41.4 Å². The molecule has 1 fully saturated rings. The summed E-state index contributed by atoms with van der Waals surface area (Å²) in [7, 11) is 0. The second-order valence-corrected chi connectivity index (χ2v) is 8.95. The van der Waals surface area contributed by atoms with Gasteiger partial charge in [-0.3, -0.25) is 4.79 Å². The van der Waals surface area contributed by atoms with E-state index in [1.54, 1.807) is 35.1 Å². The van der Waals surface area contributed by atoms with E-state index in [1.165, 1.54) is 6.07 Å². The van der Waals surface area contributed by atoms with Crippen LogP contribution in [-0.4, -0.2) is 46.8 Å². The standard InChI is InChI=1S/C24H22Cl2FN5O/c1-15-22(24(33)31-12-10-30(11-13-31)20-5-3-2-4-19(20)27)23(32-21(29-15)8-9-28-32)16-6-7-17(25)18(26)14-16/h2-9,14,23,29H,10-13H2,1H3. The Morgan fingerprint density at radius 3 is 2.55 bits per heavy atom. The zero-order chi connectivity index (χ0) is 23.1. The minimum Gasteiger partial charge on any atom is -0.366 e. The van der Waals surface area contributed by atoms with Crippen LogP contribution in [-0.2, 0) is 4.79 Å². The Balaban J connectivity index is 1.44. The van der Waals surface area contributed by atoms with E-state index in [4.69, 9.17) is 23.2 Å². The molecule has 2 aromatic carbocycles. The Morgan fingerprint density at radius 2 is 1.82 bits per heavy atom. The maximum atomic E-state index is 14.2. The molecule has 3 aromatic rings. The van der Waals surface area contributed by atoms with Crippen molar-refractivity contribution < 1.29 is 9.18 Å². The number of nitrogens with zero attached hydrogens (tertiary/aromatic N) is 4. The highest BCUT2D eigenvalue weighted by Gasteiger charge is 2.36. The third kappa shape index (κ3) is 3.96. The van der Waals surface area contributed by atoms with Gasteiger partial charge in [0.25, 0.3) is 5.91 Å². The van der Waals surface area contributed by atoms with Gasteiger partial charge in [0.05, 0.1) is 27.5 Å². The molecule has 2 aliphatic heterocycles. The van der Waals surface area contributed by atoms with Crippen molar-refractivity contribution >= 4 is 40.6 Å². The number of amides is 1. The molecule has 2 aliphatic rings. The Morgan fingerprint density at radius 1 is 1.06 bits per heavy atom. The Bertz CT molecular complexity index is 1250. The fourth-order valence-electron chi connectivity index (χ4n) is 4.50. The minimum atomic E-state index is -0.442. The highest BCUT2D eigenvalue weighted by molar-refractivity contribution is 6.42. The molecule has 6 nitrogen and oxygen atoms in total. The van der Waals surface area contributed by atoms with Crippen LogP contribution in [0.5, 0.6) is 0 Å². The van der Waals surface area contributed by atoms with Crippen molar-refractivity contribution in [3.63, 3.8) is 0 Å². The first-order chi connectivity index (χ1) is 15.9. The largest absolute Gasteiger partial charge is 0.366 e. The van der Waals surface area contributed by atoms with Crippen LogP contribution >= 0.6 is 23.2 Å². The first-order valence-corrected chi connectivity index (χ1v) is 11.4. The molecule has 5 rings (SSSR count). The van der Waals surface area contributed by atoms with Crippen molar-refractivity contribution in [2.24, 2.45) is 0 Å². The Hall–Kier alpha value is -3.03. The topological polar surface area (TPSA) is 53.4 Å². The van der Waals surface area contributed by atoms with Crippen molar-refractivity contribution in [3.8, 4) is 0 Å². The summed E-state index contributed by atoms with van der Waals surface area (Å²) < 4.78 is 16.0. The summed E-state index contributed by atoms with van der Waals surface area (Å²) in [5.74, 6) is 0.466. The zero-order valence-electron chi connectivity index (χ0n) is 17.9. The van der Waals surface area contributed by atoms with Crippen LogP contribution in [0.15, 0.2) is 66.0 Å². The first-order valence-electron chi connectivity index (χ1n) is 10.7. The fourth-order valence-corrected chi connectivity index (χ4v) is 4.81. The molecule has 170 valence electrons. The number of nitrogens with one attached hydrogen (secondary N) is 1. The quantitative estimate of drug-likeness (QED) is 0.569. The summed E-state index contributed by atoms with van der Waals surface area (Å²) in [5, 5.41) is 8.63. The summed E-state index contributed by atoms with van der Waals surface area (Å²) >= 11 is 12.4. The van der Waals surface area contributed by atoms with Gasteiger partial charge in [0, 0.05) is 37.9 Å². The molecule has 3 heterocycles. The number of benzene rings is 2. The SMILES string of the molecule is CC1=C(C(=O)N2CCN(c3ccccc3F)CC2)C(c2ccc(Cl)c(Cl)c2)n2nccc2N1. The number of allylic oxidation sites excluding steroid dienone is 1. The molecule has 1 N–H and O–H groups in total. The van der Waals surface area contributed by atoms with Crippen molar-refractivity contribution in [2.75, 3.05) is 36.4 Å². The van der Waals surface area contributed by atoms with Gasteiger partial charge in [-0.25, -0.2) is 9.07 Å². The van der Waals surface area contributed by atoms with E-state index in [0.717, 1.165) is 17.1 Å². The summed E-state index contributed by atoms with van der Waals surface area (Å²) in [6, 6.07) is 13.5. The smallest absolute Gasteiger partial charge is 0.254 e. The van der Waals surface area contributed by atoms with Crippen molar-refractivity contribution in [1.82, 2.24) is 14.7 Å². The molecule has 0 radical (unpaired) electrons. The lowest BCUT2D eigenvalue weighted by Gasteiger charge is -2.38. The maximum Gasteiger partial charge on any atom is 0.254 e. The number of para-hydroxylation sites is 1. The average molecular weight is 486 g/mol. The second-order valence-electron chi connectivity index (χ2n) is 8.13. The van der Waals surface area contributed by atoms with E-state index in [-0.39, 0.29) is 11.7 Å². The van der Waals surface area contributed by atoms with Crippen LogP contribution in [0.1, 0.15) is 18.5 Å². The van der Waals surface area contributed by atoms with Gasteiger partial charge in [0.1, 0.15) is 17.7 Å². The number of rotatable bonds is 3. The second kappa shape index (κ2) is 8.72. The van der Waals surface area contributed by atoms with E-state index in [9.17, 15) is 9.18 Å². The molecule has 1 amide bonds. The van der Waals surface area contributed by atoms with Crippen LogP contribution in [0.2, 0.25) is 10.0 Å². The Kier molecular flexibility index (Phi) is 5.76. The molecule has 33 heavy (non-hydrogen) atoms. The number of fused-ring (bicyclic) bond motifs is 1. The predicted molar refractivity (Wildman–Crippen MR) is 128 cm³/mol. The summed E-state index contributed by atoms with van der Waals surface area (Å²) in [4.78, 5) is 17.6. The Labute approximate surface area is 201 Å². The van der Waals surface area contributed by atoms with Gasteiger partial charge < -0.3 is 15.1 Å². The highest BCUT2D eigenvalue weighted by Crippen LogP contribution is 2.38. The molecule has 1 saturated heterocycles. The van der Waals surface area contributed by atoms with Crippen LogP contribution in [0, 0.1) is 5.82 Å². The van der Waals surface area contributed by atoms with E-state index in [2.05, 4.69) is 10.4 Å². The van der Waals surface area contributed by atoms with E-state index in [0.29, 0.717) is 47.5 Å². The first kappa shape index (κ1) is 21.8. The van der Waals surface area contributed by atoms with Gasteiger partial charge in [-0.15, -0.1) is 0 Å². The number of halogens is 3. The lowest BCUT2D eigenvalue weighted by Crippen LogP contribution is -2.50. The normalized spacial score (nSPS) is 18.2. The molecular weight excluding hydrogens is 464 g/mol. The molecular formula is C24H22Cl2FN5O. The van der Waals surface area contributed by atoms with Crippen LogP contribution in [0.3, 0.4) is 0 Å². The minimum absolute atomic E-state index is 0.0783. The molecule has 0 bridgehead atoms. The van der Waals surface area contributed by atoms with Gasteiger partial charge in [0.15, 0.2) is 0 Å². The van der Waals surface area contributed by atoms with Crippen LogP contribution < -0.4 is 10.2 Å². The number of anilines is 2. The molecule has 9 heteroatoms. The van der Waals surface area contributed by atoms with Crippen LogP contribution in [0.25, 0.3) is 0 Å². The van der Waals surface area contributed by atoms with E-state index in [1.807, 2.05) is 34.9 Å². The third-order valence-corrected chi connectivity index (χ3v) is 6.90. The van der Waals surface area contributed by atoms with E-state index < -0.39 is 6.04 Å². The summed E-state index contributed by atoms with van der Waals surface area (Å²) in [5.41, 5.74) is 2.75. The van der Waals surface area contributed by atoms with Gasteiger partial charge in [-0.05, 0) is 36.8 Å². The van der Waals surface area contributed by atoms with Crippen molar-refractivity contribution in [3.05, 3.63) is 87.4 Å². The lowest BCUT2D eigenvalue weighted by molar-refractivity contribution is -0.128. The zero-order valence-corrected chi connectivity index (χ0v) is 19.4. The monoisotopic (exact) mass is 485 g/mol. The molecule has 0 saturated carbocycles.